The number of rotatable bonds is 3. The van der Waals surface area contributed by atoms with Gasteiger partial charge in [0, 0.05) is 18.2 Å². The second kappa shape index (κ2) is 7.35. The molecule has 0 spiro atoms. The number of anilines is 1. The van der Waals surface area contributed by atoms with Crippen molar-refractivity contribution in [2.45, 2.75) is 44.8 Å². The van der Waals surface area contributed by atoms with Gasteiger partial charge in [0.2, 0.25) is 5.95 Å². The summed E-state index contributed by atoms with van der Waals surface area (Å²) in [5.41, 5.74) is 1.36. The van der Waals surface area contributed by atoms with Crippen LogP contribution in [0.4, 0.5) is 14.7 Å². The van der Waals surface area contributed by atoms with E-state index >= 15 is 0 Å². The summed E-state index contributed by atoms with van der Waals surface area (Å²) >= 11 is 0. The van der Waals surface area contributed by atoms with E-state index in [9.17, 15) is 13.9 Å². The molecule has 0 saturated carbocycles. The molecule has 1 fully saturated rings. The highest BCUT2D eigenvalue weighted by Crippen LogP contribution is 2.31. The Morgan fingerprint density at radius 2 is 2.00 bits per heavy atom. The number of aromatic nitrogens is 3. The first-order valence-electron chi connectivity index (χ1n) is 9.61. The van der Waals surface area contributed by atoms with Gasteiger partial charge in [0.25, 0.3) is 0 Å². The van der Waals surface area contributed by atoms with Crippen LogP contribution >= 0.6 is 0 Å². The fourth-order valence-corrected chi connectivity index (χ4v) is 3.46. The maximum atomic E-state index is 14.9. The molecule has 0 amide bonds. The molecule has 2 atom stereocenters. The Morgan fingerprint density at radius 3 is 2.69 bits per heavy atom. The summed E-state index contributed by atoms with van der Waals surface area (Å²) in [4.78, 5) is 4.14. The first-order valence-corrected chi connectivity index (χ1v) is 9.61. The normalized spacial score (nSPS) is 20.2. The molecule has 1 saturated heterocycles. The van der Waals surface area contributed by atoms with Crippen LogP contribution in [0.2, 0.25) is 0 Å². The zero-order valence-electron chi connectivity index (χ0n) is 16.6. The molecule has 0 aliphatic carbocycles. The third-order valence-corrected chi connectivity index (χ3v) is 5.22. The Kier molecular flexibility index (Phi) is 5.00. The molecular formula is C21H24F2N4O2. The van der Waals surface area contributed by atoms with Gasteiger partial charge in [0.15, 0.2) is 5.82 Å². The molecule has 0 unspecified atom stereocenters. The average molecular weight is 402 g/mol. The molecule has 1 aliphatic heterocycles. The van der Waals surface area contributed by atoms with E-state index in [0.29, 0.717) is 18.7 Å². The molecule has 4 rings (SSSR count). The molecule has 2 N–H and O–H groups in total. The van der Waals surface area contributed by atoms with Gasteiger partial charge >= 0.3 is 0 Å². The van der Waals surface area contributed by atoms with Gasteiger partial charge in [-0.2, -0.15) is 0 Å². The first kappa shape index (κ1) is 19.7. The Labute approximate surface area is 167 Å². The highest BCUT2D eigenvalue weighted by atomic mass is 19.1. The van der Waals surface area contributed by atoms with Crippen molar-refractivity contribution in [1.29, 1.82) is 0 Å². The van der Waals surface area contributed by atoms with Crippen molar-refractivity contribution in [3.63, 3.8) is 0 Å². The van der Waals surface area contributed by atoms with E-state index in [4.69, 9.17) is 4.74 Å². The third kappa shape index (κ3) is 3.82. The van der Waals surface area contributed by atoms with Gasteiger partial charge in [-0.15, -0.1) is 5.10 Å². The molecule has 2 aromatic heterocycles. The summed E-state index contributed by atoms with van der Waals surface area (Å²) in [5.74, 6) is -0.742. The number of hydrogen-bond acceptors (Lipinski definition) is 5. The fourth-order valence-electron chi connectivity index (χ4n) is 3.46. The van der Waals surface area contributed by atoms with E-state index in [2.05, 4.69) is 15.4 Å². The van der Waals surface area contributed by atoms with E-state index in [1.54, 1.807) is 6.07 Å². The van der Waals surface area contributed by atoms with Crippen molar-refractivity contribution in [1.82, 2.24) is 14.6 Å². The van der Waals surface area contributed by atoms with E-state index in [-0.39, 0.29) is 35.1 Å². The Hall–Kier alpha value is -2.58. The number of hydrogen-bond donors (Lipinski definition) is 2. The molecule has 0 bridgehead atoms. The van der Waals surface area contributed by atoms with Crippen LogP contribution in [-0.4, -0.2) is 45.1 Å². The van der Waals surface area contributed by atoms with Gasteiger partial charge in [0.1, 0.15) is 11.3 Å². The van der Waals surface area contributed by atoms with Crippen LogP contribution in [0.1, 0.15) is 32.8 Å². The zero-order chi connectivity index (χ0) is 20.8. The number of benzene rings is 1. The minimum absolute atomic E-state index is 0.150. The maximum absolute atomic E-state index is 14.9. The summed E-state index contributed by atoms with van der Waals surface area (Å²) in [6.07, 6.45) is 1.26. The Morgan fingerprint density at radius 1 is 1.21 bits per heavy atom. The number of aliphatic hydroxyl groups excluding tert-OH is 1. The van der Waals surface area contributed by atoms with Gasteiger partial charge in [-0.25, -0.2) is 18.3 Å². The highest BCUT2D eigenvalue weighted by molar-refractivity contribution is 5.68. The van der Waals surface area contributed by atoms with Gasteiger partial charge < -0.3 is 15.2 Å². The van der Waals surface area contributed by atoms with Crippen molar-refractivity contribution in [3.8, 4) is 11.3 Å². The number of nitrogens with zero attached hydrogens (tertiary/aromatic N) is 3. The summed E-state index contributed by atoms with van der Waals surface area (Å²) in [7, 11) is 0. The van der Waals surface area contributed by atoms with Gasteiger partial charge in [0.05, 0.1) is 30.6 Å². The zero-order valence-corrected chi connectivity index (χ0v) is 16.6. The standard InChI is InChI=1S/C21H24F2N4O2/c1-21(2,3)12-4-5-13(14(22)8-12)17-9-15(23)18-10-24-20(26-27(17)18)25-16-6-7-29-11-19(16)28/h4-5,8-10,16,19,28H,6-7,11H2,1-3H3,(H,25,26)/t16-,19-/m1/s1. The van der Waals surface area contributed by atoms with E-state index in [1.165, 1.54) is 22.8 Å². The van der Waals surface area contributed by atoms with Gasteiger partial charge in [-0.3, -0.25) is 0 Å². The molecule has 1 aliphatic rings. The van der Waals surface area contributed by atoms with Crippen LogP contribution in [0.3, 0.4) is 0 Å². The van der Waals surface area contributed by atoms with Crippen LogP contribution in [0.15, 0.2) is 30.5 Å². The largest absolute Gasteiger partial charge is 0.389 e. The molecule has 29 heavy (non-hydrogen) atoms. The van der Waals surface area contributed by atoms with E-state index < -0.39 is 17.7 Å². The van der Waals surface area contributed by atoms with E-state index in [0.717, 1.165) is 5.56 Å². The van der Waals surface area contributed by atoms with Crippen molar-refractivity contribution in [2.24, 2.45) is 0 Å². The Balaban J connectivity index is 1.73. The minimum Gasteiger partial charge on any atom is -0.389 e. The van der Waals surface area contributed by atoms with Crippen LogP contribution in [0.5, 0.6) is 0 Å². The van der Waals surface area contributed by atoms with Crippen molar-refractivity contribution >= 4 is 11.5 Å². The predicted molar refractivity (Wildman–Crippen MR) is 106 cm³/mol. The maximum Gasteiger partial charge on any atom is 0.241 e. The Bertz CT molecular complexity index is 1050. The third-order valence-electron chi connectivity index (χ3n) is 5.22. The topological polar surface area (TPSA) is 71.7 Å². The monoisotopic (exact) mass is 402 g/mol. The lowest BCUT2D eigenvalue weighted by Crippen LogP contribution is -2.42. The molecule has 1 aromatic carbocycles. The SMILES string of the molecule is CC(C)(C)c1ccc(-c2cc(F)c3cnc(N[C@@H]4CCOC[C@H]4O)nn23)c(F)c1. The number of halogens is 2. The van der Waals surface area contributed by atoms with Crippen molar-refractivity contribution in [3.05, 3.63) is 47.7 Å². The molecule has 8 heteroatoms. The molecule has 0 radical (unpaired) electrons. The molecular weight excluding hydrogens is 378 g/mol. The summed E-state index contributed by atoms with van der Waals surface area (Å²) in [6, 6.07) is 5.95. The minimum atomic E-state index is -0.689. The molecule has 6 nitrogen and oxygen atoms in total. The van der Waals surface area contributed by atoms with Gasteiger partial charge in [-0.1, -0.05) is 26.8 Å². The lowest BCUT2D eigenvalue weighted by Gasteiger charge is -2.28. The number of nitrogens with one attached hydrogen (secondary N) is 1. The van der Waals surface area contributed by atoms with Gasteiger partial charge in [-0.05, 0) is 29.5 Å². The van der Waals surface area contributed by atoms with Crippen molar-refractivity contribution < 1.29 is 18.6 Å². The van der Waals surface area contributed by atoms with Crippen LogP contribution in [0.25, 0.3) is 16.8 Å². The number of aliphatic hydroxyl groups is 1. The highest BCUT2D eigenvalue weighted by Gasteiger charge is 2.25. The second-order valence-electron chi connectivity index (χ2n) is 8.38. The second-order valence-corrected chi connectivity index (χ2v) is 8.38. The lowest BCUT2D eigenvalue weighted by molar-refractivity contribution is -0.0136. The molecule has 154 valence electrons. The molecule has 3 heterocycles. The predicted octanol–water partition coefficient (Wildman–Crippen LogP) is 3.53. The lowest BCUT2D eigenvalue weighted by atomic mass is 9.86. The number of fused-ring (bicyclic) bond motifs is 1. The fraction of sp³-hybridized carbons (Fsp3) is 0.429. The van der Waals surface area contributed by atoms with E-state index in [1.807, 2.05) is 26.8 Å². The summed E-state index contributed by atoms with van der Waals surface area (Å²) in [5, 5.41) is 17.5. The summed E-state index contributed by atoms with van der Waals surface area (Å²) in [6.45, 7) is 6.76. The quantitative estimate of drug-likeness (QED) is 0.701. The first-order chi connectivity index (χ1) is 13.7. The van der Waals surface area contributed by atoms with Crippen LogP contribution in [-0.2, 0) is 10.2 Å². The van der Waals surface area contributed by atoms with Crippen LogP contribution in [0, 0.1) is 11.6 Å². The van der Waals surface area contributed by atoms with Crippen molar-refractivity contribution in [2.75, 3.05) is 18.5 Å². The number of ether oxygens (including phenoxy) is 1. The average Bonchev–Trinajstić information content (AvgIpc) is 2.99. The smallest absolute Gasteiger partial charge is 0.241 e. The summed E-state index contributed by atoms with van der Waals surface area (Å²) < 4.78 is 35.9. The van der Waals surface area contributed by atoms with Crippen LogP contribution < -0.4 is 5.32 Å². The molecule has 3 aromatic rings.